The minimum atomic E-state index is -5.14. The third-order valence-electron chi connectivity index (χ3n) is 7.69. The Balaban J connectivity index is 1.85. The lowest BCUT2D eigenvalue weighted by Gasteiger charge is -2.27. The van der Waals surface area contributed by atoms with Crippen LogP contribution in [0.25, 0.3) is 11.3 Å². The van der Waals surface area contributed by atoms with E-state index in [-0.39, 0.29) is 59.1 Å². The fraction of sp³-hybridized carbons (Fsp3) is 0.343. The van der Waals surface area contributed by atoms with Crippen LogP contribution in [-0.4, -0.2) is 29.7 Å². The van der Waals surface area contributed by atoms with Crippen LogP contribution in [0.1, 0.15) is 66.1 Å². The minimum absolute atomic E-state index is 0.00831. The molecule has 0 unspecified atom stereocenters. The van der Waals surface area contributed by atoms with Crippen LogP contribution in [0.4, 0.5) is 45.3 Å². The molecule has 0 radical (unpaired) electrons. The molecule has 2 aromatic heterocycles. The molecular weight excluding hydrogens is 824 g/mol. The average Bonchev–Trinajstić information content (AvgIpc) is 3.08. The fourth-order valence-corrected chi connectivity index (χ4v) is 5.34. The molecule has 17 heteroatoms. The van der Waals surface area contributed by atoms with Gasteiger partial charge in [0, 0.05) is 30.8 Å². The van der Waals surface area contributed by atoms with Crippen molar-refractivity contribution in [3.63, 3.8) is 0 Å². The molecule has 4 aromatic rings. The number of pyridine rings is 2. The highest BCUT2D eigenvalue weighted by molar-refractivity contribution is 14.1. The van der Waals surface area contributed by atoms with Crippen molar-refractivity contribution >= 4 is 34.8 Å². The predicted molar refractivity (Wildman–Crippen MR) is 181 cm³/mol. The Bertz CT molecular complexity index is 1820. The van der Waals surface area contributed by atoms with E-state index in [0.29, 0.717) is 24.2 Å². The Labute approximate surface area is 306 Å². The zero-order chi connectivity index (χ0) is 38.4. The lowest BCUT2D eigenvalue weighted by molar-refractivity contribution is -0.143. The zero-order valence-electron chi connectivity index (χ0n) is 27.7. The number of methoxy groups -OCH3 is 1. The van der Waals surface area contributed by atoms with Crippen molar-refractivity contribution in [2.75, 3.05) is 18.6 Å². The molecule has 0 spiro atoms. The van der Waals surface area contributed by atoms with Gasteiger partial charge in [0.1, 0.15) is 23.0 Å². The molecule has 0 N–H and O–H groups in total. The van der Waals surface area contributed by atoms with Gasteiger partial charge < -0.3 is 17.4 Å². The number of hydrogen-bond donors (Lipinski definition) is 0. The summed E-state index contributed by atoms with van der Waals surface area (Å²) in [6.45, 7) is 2.69. The van der Waals surface area contributed by atoms with E-state index < -0.39 is 59.8 Å². The van der Waals surface area contributed by atoms with Gasteiger partial charge in [-0.15, -0.1) is 0 Å². The molecule has 0 bridgehead atoms. The second-order valence-electron chi connectivity index (χ2n) is 11.8. The summed E-state index contributed by atoms with van der Waals surface area (Å²) < 4.78 is 140. The van der Waals surface area contributed by atoms with Crippen molar-refractivity contribution < 1.29 is 56.8 Å². The maximum absolute atomic E-state index is 14.1. The smallest absolute Gasteiger partial charge is 0.416 e. The molecule has 52 heavy (non-hydrogen) atoms. The number of carbonyl (C=O) groups is 1. The Morgan fingerprint density at radius 1 is 0.827 bits per heavy atom. The number of benzene rings is 2. The number of hydrogen-bond acceptors (Lipinski definition) is 7. The van der Waals surface area contributed by atoms with Gasteiger partial charge in [0.15, 0.2) is 23.0 Å². The van der Waals surface area contributed by atoms with Crippen molar-refractivity contribution in [3.8, 4) is 22.8 Å². The molecule has 0 saturated heterocycles. The fourth-order valence-electron chi connectivity index (χ4n) is 5.12. The molecule has 2 heterocycles. The van der Waals surface area contributed by atoms with E-state index in [9.17, 15) is 44.3 Å². The molecule has 0 fully saturated rings. The largest absolute Gasteiger partial charge is 0.494 e. The first-order valence-electron chi connectivity index (χ1n) is 15.5. The third kappa shape index (κ3) is 10.6. The molecule has 0 aliphatic rings. The molecule has 0 atom stereocenters. The molecular formula is C35H31F9IN3O4. The first kappa shape index (κ1) is 40.5. The van der Waals surface area contributed by atoms with E-state index in [1.807, 2.05) is 13.8 Å². The Morgan fingerprint density at radius 2 is 1.48 bits per heavy atom. The molecule has 0 aliphatic heterocycles. The average molecular weight is 856 g/mol. The SMILES string of the molecule is COc1ccc(C(C)C)nc1-c1ccc(C(F)(F)F)cc1CN(Cc1cc(C(F)(F)F)cc(C(F)(F)F)c1)c1ccc(OCCCC(=O)OI)cn1. The molecule has 2 aromatic carbocycles. The highest BCUT2D eigenvalue weighted by Crippen LogP contribution is 2.39. The topological polar surface area (TPSA) is 73.8 Å². The van der Waals surface area contributed by atoms with Gasteiger partial charge >= 0.3 is 24.5 Å². The van der Waals surface area contributed by atoms with Crippen LogP contribution in [0, 0.1) is 0 Å². The number of nitrogens with zero attached hydrogens (tertiary/aromatic N) is 3. The second-order valence-corrected chi connectivity index (χ2v) is 12.3. The Hall–Kier alpha value is -4.29. The van der Waals surface area contributed by atoms with Crippen LogP contribution in [0.5, 0.6) is 11.5 Å². The number of carbonyl (C=O) groups excluding carboxylic acids is 1. The van der Waals surface area contributed by atoms with Crippen LogP contribution < -0.4 is 14.4 Å². The first-order chi connectivity index (χ1) is 24.3. The molecule has 0 aliphatic carbocycles. The highest BCUT2D eigenvalue weighted by Gasteiger charge is 2.37. The van der Waals surface area contributed by atoms with Gasteiger partial charge in [0.25, 0.3) is 0 Å². The summed E-state index contributed by atoms with van der Waals surface area (Å²) >= 11 is 1.45. The second kappa shape index (κ2) is 16.6. The molecule has 0 saturated carbocycles. The summed E-state index contributed by atoms with van der Waals surface area (Å²) in [5.41, 5.74) is -3.66. The number of alkyl halides is 9. The van der Waals surface area contributed by atoms with Crippen molar-refractivity contribution in [1.29, 1.82) is 0 Å². The van der Waals surface area contributed by atoms with E-state index in [0.717, 1.165) is 12.1 Å². The van der Waals surface area contributed by atoms with Crippen LogP contribution in [0.2, 0.25) is 0 Å². The first-order valence-corrected chi connectivity index (χ1v) is 16.4. The highest BCUT2D eigenvalue weighted by atomic mass is 127. The van der Waals surface area contributed by atoms with Crippen molar-refractivity contribution in [1.82, 2.24) is 9.97 Å². The zero-order valence-corrected chi connectivity index (χ0v) is 29.9. The summed E-state index contributed by atoms with van der Waals surface area (Å²) in [5, 5.41) is 0. The summed E-state index contributed by atoms with van der Waals surface area (Å²) in [7, 11) is 1.35. The van der Waals surface area contributed by atoms with Crippen molar-refractivity contribution in [3.05, 3.63) is 100 Å². The molecule has 0 amide bonds. The van der Waals surface area contributed by atoms with Crippen LogP contribution in [0.15, 0.2) is 66.9 Å². The van der Waals surface area contributed by atoms with Crippen LogP contribution in [0.3, 0.4) is 0 Å². The summed E-state index contributed by atoms with van der Waals surface area (Å²) in [6, 6.07) is 10.0. The number of rotatable bonds is 13. The third-order valence-corrected chi connectivity index (χ3v) is 8.18. The van der Waals surface area contributed by atoms with Gasteiger partial charge in [-0.25, -0.2) is 9.97 Å². The summed E-state index contributed by atoms with van der Waals surface area (Å²) in [4.78, 5) is 21.5. The van der Waals surface area contributed by atoms with Gasteiger partial charge in [-0.3, -0.25) is 4.79 Å². The Morgan fingerprint density at radius 3 is 2.02 bits per heavy atom. The normalized spacial score (nSPS) is 12.2. The van der Waals surface area contributed by atoms with Gasteiger partial charge in [0.05, 0.1) is 36.6 Å². The number of aromatic nitrogens is 2. The lowest BCUT2D eigenvalue weighted by Crippen LogP contribution is -2.25. The van der Waals surface area contributed by atoms with E-state index in [1.165, 1.54) is 59.4 Å². The van der Waals surface area contributed by atoms with Crippen molar-refractivity contribution in [2.24, 2.45) is 0 Å². The predicted octanol–water partition coefficient (Wildman–Crippen LogP) is 10.6. The van der Waals surface area contributed by atoms with E-state index in [1.54, 1.807) is 12.1 Å². The number of ether oxygens (including phenoxy) is 2. The maximum Gasteiger partial charge on any atom is 0.416 e. The number of halogens is 10. The maximum atomic E-state index is 14.1. The van der Waals surface area contributed by atoms with Gasteiger partial charge in [-0.05, 0) is 78.1 Å². The monoisotopic (exact) mass is 855 g/mol. The van der Waals surface area contributed by atoms with Gasteiger partial charge in [0.2, 0.25) is 0 Å². The lowest BCUT2D eigenvalue weighted by atomic mass is 9.98. The molecule has 280 valence electrons. The molecule has 7 nitrogen and oxygen atoms in total. The summed E-state index contributed by atoms with van der Waals surface area (Å²) in [6.07, 6.45) is -13.5. The van der Waals surface area contributed by atoms with E-state index in [2.05, 4.69) is 13.0 Å². The summed E-state index contributed by atoms with van der Waals surface area (Å²) in [5.74, 6) is -0.131. The van der Waals surface area contributed by atoms with Crippen LogP contribution in [-0.2, 0) is 39.5 Å². The van der Waals surface area contributed by atoms with Gasteiger partial charge in [-0.2, -0.15) is 39.5 Å². The molecule has 4 rings (SSSR count). The van der Waals surface area contributed by atoms with E-state index in [4.69, 9.17) is 9.47 Å². The van der Waals surface area contributed by atoms with E-state index >= 15 is 0 Å². The van der Waals surface area contributed by atoms with Gasteiger partial charge in [-0.1, -0.05) is 19.9 Å². The minimum Gasteiger partial charge on any atom is -0.494 e. The Kier molecular flexibility index (Phi) is 12.9. The quantitative estimate of drug-likeness (QED) is 0.0753. The standard InChI is InChI=1S/C35H31F9IN3O4/c1-20(2)28-9-10-29(50-3)32(47-28)27-8-6-23(33(36,37)38)15-22(27)19-48(30-11-7-26(17-46-30)51-12-4-5-31(49)52-45)18-21-13-24(34(39,40)41)16-25(14-21)35(42,43)44/h6-11,13-17,20H,4-5,12,18-19H2,1-3H3. The van der Waals surface area contributed by atoms with Crippen LogP contribution >= 0.6 is 23.0 Å². The number of anilines is 1. The van der Waals surface area contributed by atoms with Crippen molar-refractivity contribution in [2.45, 2.75) is 64.2 Å².